The van der Waals surface area contributed by atoms with Crippen molar-refractivity contribution in [2.24, 2.45) is 23.5 Å². The predicted molar refractivity (Wildman–Crippen MR) is 35.0 cm³/mol. The minimum Gasteiger partial charge on any atom is -0.380 e. The molecule has 2 aliphatic rings. The Morgan fingerprint density at radius 3 is 2.67 bits per heavy atom. The van der Waals surface area contributed by atoms with Crippen molar-refractivity contribution in [3.05, 3.63) is 0 Å². The molecule has 52 valence electrons. The zero-order chi connectivity index (χ0) is 6.27. The summed E-state index contributed by atoms with van der Waals surface area (Å²) in [4.78, 5) is 0. The summed E-state index contributed by atoms with van der Waals surface area (Å²) in [7, 11) is 0. The van der Waals surface area contributed by atoms with Crippen molar-refractivity contribution in [3.63, 3.8) is 0 Å². The Morgan fingerprint density at radius 1 is 1.44 bits per heavy atom. The van der Waals surface area contributed by atoms with Crippen LogP contribution < -0.4 is 5.73 Å². The van der Waals surface area contributed by atoms with Crippen molar-refractivity contribution in [1.82, 2.24) is 0 Å². The third-order valence-electron chi connectivity index (χ3n) is 2.42. The zero-order valence-electron chi connectivity index (χ0n) is 5.55. The highest BCUT2D eigenvalue weighted by Gasteiger charge is 2.63. The molecule has 0 saturated heterocycles. The van der Waals surface area contributed by atoms with Crippen LogP contribution in [0.3, 0.4) is 0 Å². The Bertz CT molecular complexity index is 107. The van der Waals surface area contributed by atoms with E-state index in [4.69, 9.17) is 10.5 Å². The SMILES string of the molecule is NCCOCC1C2CC12. The van der Waals surface area contributed by atoms with Crippen molar-refractivity contribution in [2.75, 3.05) is 19.8 Å². The molecule has 0 aromatic rings. The van der Waals surface area contributed by atoms with Crippen LogP contribution in [0.5, 0.6) is 0 Å². The van der Waals surface area contributed by atoms with E-state index in [0.717, 1.165) is 31.0 Å². The second-order valence-corrected chi connectivity index (χ2v) is 3.09. The fourth-order valence-corrected chi connectivity index (χ4v) is 1.46. The first-order valence-corrected chi connectivity index (χ1v) is 3.71. The minimum absolute atomic E-state index is 0.669. The number of ether oxygens (including phenoxy) is 1. The van der Waals surface area contributed by atoms with Crippen LogP contribution in [0, 0.1) is 17.8 Å². The van der Waals surface area contributed by atoms with Crippen LogP contribution in [0.1, 0.15) is 6.42 Å². The lowest BCUT2D eigenvalue weighted by atomic mass is 10.2. The van der Waals surface area contributed by atoms with Crippen molar-refractivity contribution >= 4 is 0 Å². The van der Waals surface area contributed by atoms with Gasteiger partial charge in [-0.2, -0.15) is 0 Å². The Balaban J connectivity index is 1.49. The van der Waals surface area contributed by atoms with Crippen molar-refractivity contribution in [1.29, 1.82) is 0 Å². The van der Waals surface area contributed by atoms with E-state index in [1.54, 1.807) is 0 Å². The summed E-state index contributed by atoms with van der Waals surface area (Å²) >= 11 is 0. The molecule has 0 amide bonds. The van der Waals surface area contributed by atoms with E-state index in [9.17, 15) is 0 Å². The van der Waals surface area contributed by atoms with Crippen LogP contribution in [0.4, 0.5) is 0 Å². The van der Waals surface area contributed by atoms with E-state index < -0.39 is 0 Å². The summed E-state index contributed by atoms with van der Waals surface area (Å²) in [5.74, 6) is 3.09. The molecular formula is C7H13NO. The Labute approximate surface area is 55.4 Å². The molecule has 2 saturated carbocycles. The second-order valence-electron chi connectivity index (χ2n) is 3.09. The molecule has 9 heavy (non-hydrogen) atoms. The maximum absolute atomic E-state index is 5.28. The largest absolute Gasteiger partial charge is 0.380 e. The molecule has 2 rings (SSSR count). The lowest BCUT2D eigenvalue weighted by molar-refractivity contribution is 0.119. The van der Waals surface area contributed by atoms with Gasteiger partial charge in [-0.25, -0.2) is 0 Å². The summed E-state index contributed by atoms with van der Waals surface area (Å²) in [5, 5.41) is 0. The number of fused-ring (bicyclic) bond motifs is 1. The Hall–Kier alpha value is -0.0800. The Kier molecular flexibility index (Phi) is 1.24. The third kappa shape index (κ3) is 0.970. The van der Waals surface area contributed by atoms with E-state index in [0.29, 0.717) is 6.54 Å². The van der Waals surface area contributed by atoms with Gasteiger partial charge in [0, 0.05) is 13.2 Å². The topological polar surface area (TPSA) is 35.2 Å². The van der Waals surface area contributed by atoms with Crippen LogP contribution >= 0.6 is 0 Å². The predicted octanol–water partition coefficient (Wildman–Crippen LogP) is 0.228. The maximum atomic E-state index is 5.28. The first kappa shape index (κ1) is 5.69. The van der Waals surface area contributed by atoms with Crippen LogP contribution in [0.25, 0.3) is 0 Å². The number of hydrogen-bond acceptors (Lipinski definition) is 2. The van der Waals surface area contributed by atoms with E-state index in [1.807, 2.05) is 0 Å². The van der Waals surface area contributed by atoms with Gasteiger partial charge in [0.15, 0.2) is 0 Å². The fourth-order valence-electron chi connectivity index (χ4n) is 1.46. The van der Waals surface area contributed by atoms with E-state index in [-0.39, 0.29) is 0 Å². The smallest absolute Gasteiger partial charge is 0.0588 e. The van der Waals surface area contributed by atoms with Gasteiger partial charge in [0.05, 0.1) is 6.61 Å². The molecule has 0 aromatic heterocycles. The van der Waals surface area contributed by atoms with Gasteiger partial charge in [-0.15, -0.1) is 0 Å². The highest BCUT2D eigenvalue weighted by molar-refractivity contribution is 5.11. The van der Waals surface area contributed by atoms with Gasteiger partial charge < -0.3 is 10.5 Å². The average Bonchev–Trinajstić information content (AvgIpc) is 2.64. The van der Waals surface area contributed by atoms with Gasteiger partial charge >= 0.3 is 0 Å². The third-order valence-corrected chi connectivity index (χ3v) is 2.42. The summed E-state index contributed by atoms with van der Waals surface area (Å²) in [6, 6.07) is 0. The molecule has 0 bridgehead atoms. The van der Waals surface area contributed by atoms with Gasteiger partial charge in [0.2, 0.25) is 0 Å². The van der Waals surface area contributed by atoms with Crippen molar-refractivity contribution in [2.45, 2.75) is 6.42 Å². The molecule has 0 aromatic carbocycles. The van der Waals surface area contributed by atoms with Crippen molar-refractivity contribution in [3.8, 4) is 0 Å². The molecule has 2 N–H and O–H groups in total. The van der Waals surface area contributed by atoms with Crippen LogP contribution in [0.2, 0.25) is 0 Å². The highest BCUT2D eigenvalue weighted by Crippen LogP contribution is 2.68. The lowest BCUT2D eigenvalue weighted by Crippen LogP contribution is -2.11. The van der Waals surface area contributed by atoms with Crippen molar-refractivity contribution < 1.29 is 4.74 Å². The summed E-state index contributed by atoms with van der Waals surface area (Å²) in [6.07, 6.45) is 1.48. The Morgan fingerprint density at radius 2 is 2.22 bits per heavy atom. The molecular weight excluding hydrogens is 114 g/mol. The molecule has 0 aliphatic heterocycles. The fraction of sp³-hybridized carbons (Fsp3) is 1.00. The molecule has 2 aliphatic carbocycles. The normalized spacial score (nSPS) is 44.3. The van der Waals surface area contributed by atoms with Gasteiger partial charge in [-0.3, -0.25) is 0 Å². The first-order valence-electron chi connectivity index (χ1n) is 3.71. The second kappa shape index (κ2) is 1.96. The summed E-state index contributed by atoms with van der Waals surface area (Å²) in [5.41, 5.74) is 5.26. The highest BCUT2D eigenvalue weighted by atomic mass is 16.5. The molecule has 2 atom stereocenters. The lowest BCUT2D eigenvalue weighted by Gasteiger charge is -2.02. The molecule has 2 unspecified atom stereocenters. The first-order chi connectivity index (χ1) is 4.43. The van der Waals surface area contributed by atoms with Crippen LogP contribution in [-0.4, -0.2) is 19.8 Å². The quantitative estimate of drug-likeness (QED) is 0.548. The average molecular weight is 127 g/mol. The molecule has 2 fully saturated rings. The van der Waals surface area contributed by atoms with Gasteiger partial charge in [0.25, 0.3) is 0 Å². The van der Waals surface area contributed by atoms with E-state index in [2.05, 4.69) is 0 Å². The molecule has 0 heterocycles. The standard InChI is InChI=1S/C7H13NO/c8-1-2-9-4-7-5-3-6(5)7/h5-7H,1-4,8H2. The van der Waals surface area contributed by atoms with E-state index >= 15 is 0 Å². The van der Waals surface area contributed by atoms with Gasteiger partial charge in [-0.05, 0) is 24.2 Å². The molecule has 0 radical (unpaired) electrons. The number of hydrogen-bond donors (Lipinski definition) is 1. The zero-order valence-corrected chi connectivity index (χ0v) is 5.55. The van der Waals surface area contributed by atoms with Crippen LogP contribution in [-0.2, 0) is 4.74 Å². The number of nitrogens with two attached hydrogens (primary N) is 1. The number of rotatable bonds is 4. The van der Waals surface area contributed by atoms with E-state index in [1.165, 1.54) is 6.42 Å². The summed E-state index contributed by atoms with van der Waals surface area (Å²) in [6.45, 7) is 2.39. The molecule has 2 heteroatoms. The molecule has 2 nitrogen and oxygen atoms in total. The molecule has 0 spiro atoms. The van der Waals surface area contributed by atoms with Crippen LogP contribution in [0.15, 0.2) is 0 Å². The van der Waals surface area contributed by atoms with Gasteiger partial charge in [-0.1, -0.05) is 0 Å². The minimum atomic E-state index is 0.669. The maximum Gasteiger partial charge on any atom is 0.0588 e. The monoisotopic (exact) mass is 127 g/mol. The van der Waals surface area contributed by atoms with Gasteiger partial charge in [0.1, 0.15) is 0 Å². The summed E-state index contributed by atoms with van der Waals surface area (Å²) < 4.78 is 5.28.